The molecule has 0 aliphatic carbocycles. The molecule has 2 unspecified atom stereocenters. The molecular formula is C17H26N2O3. The molecule has 1 aliphatic rings. The van der Waals surface area contributed by atoms with Crippen LogP contribution in [0.4, 0.5) is 0 Å². The number of amides is 1. The number of carbonyl (C=O) groups excluding carboxylic acids is 1. The van der Waals surface area contributed by atoms with E-state index in [4.69, 9.17) is 15.2 Å². The van der Waals surface area contributed by atoms with Gasteiger partial charge in [-0.3, -0.25) is 4.79 Å². The van der Waals surface area contributed by atoms with Gasteiger partial charge in [-0.15, -0.1) is 0 Å². The third kappa shape index (κ3) is 5.00. The molecule has 0 radical (unpaired) electrons. The molecule has 1 amide bonds. The summed E-state index contributed by atoms with van der Waals surface area (Å²) in [6.45, 7) is 5.75. The number of rotatable bonds is 6. The number of nitrogens with one attached hydrogen (secondary N) is 1. The van der Waals surface area contributed by atoms with Crippen molar-refractivity contribution in [3.8, 4) is 5.75 Å². The second-order valence-electron chi connectivity index (χ2n) is 6.01. The van der Waals surface area contributed by atoms with Crippen LogP contribution in [0.2, 0.25) is 0 Å². The molecule has 1 saturated heterocycles. The second kappa shape index (κ2) is 8.15. The van der Waals surface area contributed by atoms with Gasteiger partial charge in [0.2, 0.25) is 5.91 Å². The van der Waals surface area contributed by atoms with Crippen LogP contribution in [-0.2, 0) is 9.53 Å². The first-order valence-electron chi connectivity index (χ1n) is 7.89. The van der Waals surface area contributed by atoms with Gasteiger partial charge in [0, 0.05) is 13.2 Å². The van der Waals surface area contributed by atoms with E-state index in [1.165, 1.54) is 0 Å². The molecule has 0 spiro atoms. The molecule has 3 N–H and O–H groups in total. The van der Waals surface area contributed by atoms with Crippen molar-refractivity contribution in [3.63, 3.8) is 0 Å². The minimum absolute atomic E-state index is 0.0843. The van der Waals surface area contributed by atoms with Crippen LogP contribution in [-0.4, -0.2) is 37.8 Å². The van der Waals surface area contributed by atoms with E-state index in [0.29, 0.717) is 19.8 Å². The van der Waals surface area contributed by atoms with Crippen molar-refractivity contribution >= 4 is 5.91 Å². The van der Waals surface area contributed by atoms with Crippen molar-refractivity contribution in [2.24, 2.45) is 11.7 Å². The fourth-order valence-electron chi connectivity index (χ4n) is 2.60. The quantitative estimate of drug-likeness (QED) is 0.838. The summed E-state index contributed by atoms with van der Waals surface area (Å²) in [5, 5.41) is 2.93. The molecule has 5 nitrogen and oxygen atoms in total. The maximum atomic E-state index is 12.2. The molecule has 122 valence electrons. The van der Waals surface area contributed by atoms with E-state index in [9.17, 15) is 4.79 Å². The smallest absolute Gasteiger partial charge is 0.237 e. The predicted octanol–water partition coefficient (Wildman–Crippen LogP) is 1.63. The van der Waals surface area contributed by atoms with Crippen molar-refractivity contribution in [3.05, 3.63) is 29.8 Å². The van der Waals surface area contributed by atoms with Gasteiger partial charge in [0.05, 0.1) is 12.1 Å². The molecule has 1 aromatic rings. The molecule has 2 atom stereocenters. The van der Waals surface area contributed by atoms with Crippen LogP contribution in [0.15, 0.2) is 24.3 Å². The second-order valence-corrected chi connectivity index (χ2v) is 6.01. The first-order chi connectivity index (χ1) is 10.6. The molecule has 1 aliphatic heterocycles. The van der Waals surface area contributed by atoms with Gasteiger partial charge in [-0.2, -0.15) is 0 Å². The Hall–Kier alpha value is -1.59. The summed E-state index contributed by atoms with van der Waals surface area (Å²) >= 11 is 0. The summed E-state index contributed by atoms with van der Waals surface area (Å²) in [7, 11) is 0. The van der Waals surface area contributed by atoms with Crippen LogP contribution in [0.1, 0.15) is 25.3 Å². The molecule has 22 heavy (non-hydrogen) atoms. The molecular weight excluding hydrogens is 280 g/mol. The number of hydrogen-bond donors (Lipinski definition) is 2. The van der Waals surface area contributed by atoms with E-state index < -0.39 is 6.04 Å². The summed E-state index contributed by atoms with van der Waals surface area (Å²) < 4.78 is 11.0. The van der Waals surface area contributed by atoms with E-state index in [0.717, 1.165) is 24.2 Å². The summed E-state index contributed by atoms with van der Waals surface area (Å²) in [6.07, 6.45) is 1.70. The lowest BCUT2D eigenvalue weighted by Crippen LogP contribution is -2.50. The third-order valence-corrected chi connectivity index (χ3v) is 3.95. The number of aryl methyl sites for hydroxylation is 1. The maximum Gasteiger partial charge on any atom is 0.237 e. The average molecular weight is 306 g/mol. The highest BCUT2D eigenvalue weighted by Gasteiger charge is 2.27. The van der Waals surface area contributed by atoms with Crippen molar-refractivity contribution in [1.82, 2.24) is 5.32 Å². The Morgan fingerprint density at radius 2 is 2.18 bits per heavy atom. The van der Waals surface area contributed by atoms with Gasteiger partial charge in [0.1, 0.15) is 12.4 Å². The summed E-state index contributed by atoms with van der Waals surface area (Å²) in [5.41, 5.74) is 7.21. The Bertz CT molecular complexity index is 487. The summed E-state index contributed by atoms with van der Waals surface area (Å²) in [6, 6.07) is 7.31. The Kier molecular flexibility index (Phi) is 6.21. The number of carbonyl (C=O) groups is 1. The highest BCUT2D eigenvalue weighted by molar-refractivity contribution is 5.82. The van der Waals surface area contributed by atoms with Crippen molar-refractivity contribution < 1.29 is 14.3 Å². The van der Waals surface area contributed by atoms with E-state index in [-0.39, 0.29) is 17.9 Å². The lowest BCUT2D eigenvalue weighted by Gasteiger charge is -2.27. The summed E-state index contributed by atoms with van der Waals surface area (Å²) in [5.74, 6) is 0.917. The van der Waals surface area contributed by atoms with Crippen LogP contribution in [0.25, 0.3) is 0 Å². The molecule has 0 aromatic heterocycles. The van der Waals surface area contributed by atoms with Crippen LogP contribution in [0, 0.1) is 12.8 Å². The Labute approximate surface area is 132 Å². The molecule has 0 saturated carbocycles. The maximum absolute atomic E-state index is 12.2. The zero-order valence-corrected chi connectivity index (χ0v) is 13.4. The standard InChI is InChI=1S/C17H26N2O3/c1-12-4-3-5-15(10-12)22-11-13(2)19-17(20)16(18)14-6-8-21-9-7-14/h3-5,10,13-14,16H,6-9,11,18H2,1-2H3,(H,19,20). The minimum atomic E-state index is -0.467. The van der Waals surface area contributed by atoms with Gasteiger partial charge in [0.15, 0.2) is 0 Å². The zero-order chi connectivity index (χ0) is 15.9. The van der Waals surface area contributed by atoms with Crippen molar-refractivity contribution in [1.29, 1.82) is 0 Å². The topological polar surface area (TPSA) is 73.6 Å². The molecule has 2 rings (SSSR count). The van der Waals surface area contributed by atoms with Crippen molar-refractivity contribution in [2.45, 2.75) is 38.8 Å². The first kappa shape index (κ1) is 16.8. The zero-order valence-electron chi connectivity index (χ0n) is 13.4. The number of nitrogens with two attached hydrogens (primary N) is 1. The average Bonchev–Trinajstić information content (AvgIpc) is 2.53. The monoisotopic (exact) mass is 306 g/mol. The highest BCUT2D eigenvalue weighted by Crippen LogP contribution is 2.18. The van der Waals surface area contributed by atoms with E-state index in [1.54, 1.807) is 0 Å². The Balaban J connectivity index is 1.75. The lowest BCUT2D eigenvalue weighted by molar-refractivity contribution is -0.125. The van der Waals surface area contributed by atoms with E-state index >= 15 is 0 Å². The molecule has 1 heterocycles. The molecule has 1 fully saturated rings. The van der Waals surface area contributed by atoms with Gasteiger partial charge in [-0.25, -0.2) is 0 Å². The van der Waals surface area contributed by atoms with E-state index in [2.05, 4.69) is 5.32 Å². The number of benzene rings is 1. The van der Waals surface area contributed by atoms with Crippen LogP contribution in [0.5, 0.6) is 5.75 Å². The predicted molar refractivity (Wildman–Crippen MR) is 85.8 cm³/mol. The fraction of sp³-hybridized carbons (Fsp3) is 0.588. The van der Waals surface area contributed by atoms with Gasteiger partial charge < -0.3 is 20.5 Å². The summed E-state index contributed by atoms with van der Waals surface area (Å²) in [4.78, 5) is 12.2. The number of hydrogen-bond acceptors (Lipinski definition) is 4. The Morgan fingerprint density at radius 3 is 2.86 bits per heavy atom. The van der Waals surface area contributed by atoms with Crippen LogP contribution < -0.4 is 15.8 Å². The third-order valence-electron chi connectivity index (χ3n) is 3.95. The van der Waals surface area contributed by atoms with Gasteiger partial charge in [0.25, 0.3) is 0 Å². The lowest BCUT2D eigenvalue weighted by atomic mass is 9.92. The normalized spacial score (nSPS) is 18.5. The van der Waals surface area contributed by atoms with Gasteiger partial charge >= 0.3 is 0 Å². The number of ether oxygens (including phenoxy) is 2. The first-order valence-corrected chi connectivity index (χ1v) is 7.89. The van der Waals surface area contributed by atoms with Crippen LogP contribution in [0.3, 0.4) is 0 Å². The van der Waals surface area contributed by atoms with E-state index in [1.807, 2.05) is 38.1 Å². The largest absolute Gasteiger partial charge is 0.491 e. The Morgan fingerprint density at radius 1 is 1.45 bits per heavy atom. The fourth-order valence-corrected chi connectivity index (χ4v) is 2.60. The van der Waals surface area contributed by atoms with Crippen LogP contribution >= 0.6 is 0 Å². The molecule has 5 heteroatoms. The van der Waals surface area contributed by atoms with Crippen molar-refractivity contribution in [2.75, 3.05) is 19.8 Å². The molecule has 0 bridgehead atoms. The SMILES string of the molecule is Cc1cccc(OCC(C)NC(=O)C(N)C2CCOCC2)c1. The highest BCUT2D eigenvalue weighted by atomic mass is 16.5. The van der Waals surface area contributed by atoms with Gasteiger partial charge in [-0.05, 0) is 50.3 Å². The molecule has 1 aromatic carbocycles. The minimum Gasteiger partial charge on any atom is -0.491 e. The van der Waals surface area contributed by atoms with Gasteiger partial charge in [-0.1, -0.05) is 12.1 Å².